The Hall–Kier alpha value is -2.42. The summed E-state index contributed by atoms with van der Waals surface area (Å²) < 4.78 is 20.1. The Balaban J connectivity index is 2.21. The van der Waals surface area contributed by atoms with Gasteiger partial charge in [-0.25, -0.2) is 4.79 Å². The van der Waals surface area contributed by atoms with E-state index in [0.717, 1.165) is 0 Å². The number of carbonyl (C=O) groups excluding carboxylic acids is 2. The number of ether oxygens (including phenoxy) is 3. The van der Waals surface area contributed by atoms with Crippen LogP contribution < -0.4 is 5.32 Å². The second-order valence-electron chi connectivity index (χ2n) is 5.06. The maximum atomic E-state index is 12.3. The molecule has 26 heavy (non-hydrogen) atoms. The van der Waals surface area contributed by atoms with Crippen molar-refractivity contribution in [2.24, 2.45) is 0 Å². The Labute approximate surface area is 155 Å². The van der Waals surface area contributed by atoms with Gasteiger partial charge >= 0.3 is 5.97 Å². The molecule has 0 atom stereocenters. The number of hydrogen-bond donors (Lipinski definition) is 1. The van der Waals surface area contributed by atoms with E-state index in [-0.39, 0.29) is 37.0 Å². The van der Waals surface area contributed by atoms with Crippen LogP contribution in [0, 0.1) is 0 Å². The van der Waals surface area contributed by atoms with Crippen LogP contribution in [0.15, 0.2) is 28.8 Å². The lowest BCUT2D eigenvalue weighted by Gasteiger charge is -2.06. The fraction of sp³-hybridized carbons (Fsp3) is 0.353. The summed E-state index contributed by atoms with van der Waals surface area (Å²) in [6.45, 7) is 2.25. The van der Waals surface area contributed by atoms with Crippen molar-refractivity contribution in [1.82, 2.24) is 5.16 Å². The number of nitrogens with one attached hydrogen (secondary N) is 1. The fourth-order valence-electron chi connectivity index (χ4n) is 2.04. The molecule has 0 aliphatic heterocycles. The van der Waals surface area contributed by atoms with Crippen LogP contribution in [0.4, 0.5) is 5.88 Å². The zero-order chi connectivity index (χ0) is 18.9. The molecule has 140 valence electrons. The molecule has 1 aromatic carbocycles. The van der Waals surface area contributed by atoms with Gasteiger partial charge in [0.05, 0.1) is 19.8 Å². The molecule has 1 heterocycles. The number of amides is 1. The highest BCUT2D eigenvalue weighted by molar-refractivity contribution is 6.30. The summed E-state index contributed by atoms with van der Waals surface area (Å²) in [6.07, 6.45) is 0. The molecule has 1 aromatic heterocycles. The molecule has 0 aliphatic carbocycles. The van der Waals surface area contributed by atoms with Crippen molar-refractivity contribution in [2.45, 2.75) is 6.92 Å². The van der Waals surface area contributed by atoms with Crippen molar-refractivity contribution in [2.75, 3.05) is 38.9 Å². The van der Waals surface area contributed by atoms with Gasteiger partial charge in [-0.15, -0.1) is 0 Å². The van der Waals surface area contributed by atoms with Crippen LogP contribution in [0.25, 0.3) is 11.3 Å². The Bertz CT molecular complexity index is 744. The standard InChI is InChI=1S/C17H19ClN2O6/c1-3-25-17(22)14-15(11-4-6-12(18)7-5-11)20-26-16(14)19-13(21)10-24-9-8-23-2/h4-7H,3,8-10H2,1-2H3,(H,19,21). The number of aromatic nitrogens is 1. The first-order chi connectivity index (χ1) is 12.6. The summed E-state index contributed by atoms with van der Waals surface area (Å²) in [5.41, 5.74) is 0.869. The third kappa shape index (κ3) is 5.29. The Morgan fingerprint density at radius 1 is 1.23 bits per heavy atom. The van der Waals surface area contributed by atoms with Gasteiger partial charge in [0.1, 0.15) is 12.3 Å². The predicted molar refractivity (Wildman–Crippen MR) is 94.2 cm³/mol. The monoisotopic (exact) mass is 382 g/mol. The van der Waals surface area contributed by atoms with Gasteiger partial charge in [-0.3, -0.25) is 10.1 Å². The SMILES string of the molecule is CCOC(=O)c1c(-c2ccc(Cl)cc2)noc1NC(=O)COCCOC. The molecule has 0 saturated heterocycles. The molecule has 8 nitrogen and oxygen atoms in total. The molecular weight excluding hydrogens is 364 g/mol. The molecule has 0 unspecified atom stereocenters. The number of anilines is 1. The molecule has 2 rings (SSSR count). The van der Waals surface area contributed by atoms with Crippen molar-refractivity contribution < 1.29 is 28.3 Å². The average molecular weight is 383 g/mol. The number of halogens is 1. The first-order valence-corrected chi connectivity index (χ1v) is 8.23. The van der Waals surface area contributed by atoms with Gasteiger partial charge in [-0.1, -0.05) is 28.9 Å². The number of nitrogens with zero attached hydrogens (tertiary/aromatic N) is 1. The summed E-state index contributed by atoms with van der Waals surface area (Å²) in [4.78, 5) is 24.3. The van der Waals surface area contributed by atoms with Crippen LogP contribution in [0.1, 0.15) is 17.3 Å². The number of carbonyl (C=O) groups is 2. The Morgan fingerprint density at radius 3 is 2.62 bits per heavy atom. The van der Waals surface area contributed by atoms with Gasteiger partial charge in [-0.2, -0.15) is 0 Å². The van der Waals surface area contributed by atoms with E-state index >= 15 is 0 Å². The van der Waals surface area contributed by atoms with Crippen LogP contribution in [-0.2, 0) is 19.0 Å². The Kier molecular flexibility index (Phi) is 7.58. The fourth-order valence-corrected chi connectivity index (χ4v) is 2.17. The number of rotatable bonds is 9. The minimum atomic E-state index is -0.658. The predicted octanol–water partition coefficient (Wildman–Crippen LogP) is 2.77. The summed E-state index contributed by atoms with van der Waals surface area (Å²) in [7, 11) is 1.53. The highest BCUT2D eigenvalue weighted by Gasteiger charge is 2.26. The smallest absolute Gasteiger partial charge is 0.346 e. The number of hydrogen-bond acceptors (Lipinski definition) is 7. The van der Waals surface area contributed by atoms with E-state index in [2.05, 4.69) is 10.5 Å². The van der Waals surface area contributed by atoms with E-state index in [9.17, 15) is 9.59 Å². The number of methoxy groups -OCH3 is 1. The summed E-state index contributed by atoms with van der Waals surface area (Å²) in [6, 6.07) is 6.68. The first kappa shape index (κ1) is 19.9. The highest BCUT2D eigenvalue weighted by Crippen LogP contribution is 2.30. The third-order valence-electron chi connectivity index (χ3n) is 3.21. The van der Waals surface area contributed by atoms with E-state index in [1.165, 1.54) is 7.11 Å². The molecule has 1 N–H and O–H groups in total. The molecule has 0 aliphatic rings. The number of benzene rings is 1. The maximum absolute atomic E-state index is 12.3. The maximum Gasteiger partial charge on any atom is 0.346 e. The van der Waals surface area contributed by atoms with E-state index < -0.39 is 11.9 Å². The van der Waals surface area contributed by atoms with E-state index in [1.54, 1.807) is 31.2 Å². The lowest BCUT2D eigenvalue weighted by molar-refractivity contribution is -0.121. The summed E-state index contributed by atoms with van der Waals surface area (Å²) >= 11 is 5.88. The quantitative estimate of drug-likeness (QED) is 0.525. The van der Waals surface area contributed by atoms with Gasteiger partial charge in [0.15, 0.2) is 5.56 Å². The zero-order valence-corrected chi connectivity index (χ0v) is 15.2. The van der Waals surface area contributed by atoms with Gasteiger partial charge in [-0.05, 0) is 19.1 Å². The molecular formula is C17H19ClN2O6. The Morgan fingerprint density at radius 2 is 1.96 bits per heavy atom. The van der Waals surface area contributed by atoms with Crippen molar-refractivity contribution in [3.05, 3.63) is 34.9 Å². The number of esters is 1. The van der Waals surface area contributed by atoms with E-state index in [1.807, 2.05) is 0 Å². The van der Waals surface area contributed by atoms with Crippen molar-refractivity contribution >= 4 is 29.4 Å². The van der Waals surface area contributed by atoms with Crippen molar-refractivity contribution in [1.29, 1.82) is 0 Å². The summed E-state index contributed by atoms with van der Waals surface area (Å²) in [5, 5.41) is 6.89. The first-order valence-electron chi connectivity index (χ1n) is 7.86. The largest absolute Gasteiger partial charge is 0.462 e. The van der Waals surface area contributed by atoms with Crippen molar-refractivity contribution in [3.8, 4) is 11.3 Å². The van der Waals surface area contributed by atoms with Gasteiger partial charge in [0.2, 0.25) is 5.88 Å². The minimum absolute atomic E-state index is 0.0272. The van der Waals surface area contributed by atoms with Gasteiger partial charge < -0.3 is 18.7 Å². The normalized spacial score (nSPS) is 10.6. The average Bonchev–Trinajstić information content (AvgIpc) is 3.03. The zero-order valence-electron chi connectivity index (χ0n) is 14.4. The topological polar surface area (TPSA) is 99.9 Å². The lowest BCUT2D eigenvalue weighted by atomic mass is 10.1. The van der Waals surface area contributed by atoms with Gasteiger partial charge in [0.25, 0.3) is 5.91 Å². The van der Waals surface area contributed by atoms with Crippen LogP contribution in [0.3, 0.4) is 0 Å². The molecule has 0 bridgehead atoms. The molecule has 0 saturated carbocycles. The van der Waals surface area contributed by atoms with Crippen LogP contribution in [-0.4, -0.2) is 50.6 Å². The second kappa shape index (κ2) is 9.91. The molecule has 0 spiro atoms. The van der Waals surface area contributed by atoms with Crippen molar-refractivity contribution in [3.63, 3.8) is 0 Å². The molecule has 0 radical (unpaired) electrons. The third-order valence-corrected chi connectivity index (χ3v) is 3.46. The molecule has 0 fully saturated rings. The lowest BCUT2D eigenvalue weighted by Crippen LogP contribution is -2.21. The van der Waals surface area contributed by atoms with E-state index in [4.69, 9.17) is 30.3 Å². The van der Waals surface area contributed by atoms with Crippen LogP contribution in [0.5, 0.6) is 0 Å². The second-order valence-corrected chi connectivity index (χ2v) is 5.49. The molecule has 2 aromatic rings. The highest BCUT2D eigenvalue weighted by atomic mass is 35.5. The van der Waals surface area contributed by atoms with Gasteiger partial charge in [0, 0.05) is 17.7 Å². The van der Waals surface area contributed by atoms with Crippen LogP contribution in [0.2, 0.25) is 5.02 Å². The molecule has 1 amide bonds. The molecule has 9 heteroatoms. The summed E-state index contributed by atoms with van der Waals surface area (Å²) in [5.74, 6) is -1.26. The van der Waals surface area contributed by atoms with E-state index in [0.29, 0.717) is 17.2 Å². The minimum Gasteiger partial charge on any atom is -0.462 e. The van der Waals surface area contributed by atoms with Crippen LogP contribution >= 0.6 is 11.6 Å².